The van der Waals surface area contributed by atoms with Crippen molar-refractivity contribution in [3.05, 3.63) is 0 Å². The minimum Gasteiger partial charge on any atom is -0.410 e. The first-order valence-electron chi connectivity index (χ1n) is 1.57. The van der Waals surface area contributed by atoms with Crippen molar-refractivity contribution in [1.82, 2.24) is 0 Å². The van der Waals surface area contributed by atoms with Gasteiger partial charge in [-0.2, -0.15) is 0 Å². The summed E-state index contributed by atoms with van der Waals surface area (Å²) in [6.07, 6.45) is 0. The highest BCUT2D eigenvalue weighted by atomic mass is 127. The lowest BCUT2D eigenvalue weighted by molar-refractivity contribution is -0.110. The van der Waals surface area contributed by atoms with E-state index in [0.717, 1.165) is 0 Å². The number of carbonyl (C=O) groups is 1. The summed E-state index contributed by atoms with van der Waals surface area (Å²) in [6, 6.07) is 0. The molecule has 0 aliphatic carbocycles. The number of ketones is 1. The van der Waals surface area contributed by atoms with Crippen molar-refractivity contribution in [3.63, 3.8) is 0 Å². The van der Waals surface area contributed by atoms with Gasteiger partial charge in [-0.3, -0.25) is 4.79 Å². The number of Topliss-reactive ketones (excluding diaryl/α,β-unsaturated/α-hetero) is 1. The van der Waals surface area contributed by atoms with E-state index in [1.54, 1.807) is 22.6 Å². The lowest BCUT2D eigenvalue weighted by Gasteiger charge is -1.79. The Morgan fingerprint density at radius 2 is 2.29 bits per heavy atom. The Morgan fingerprint density at radius 3 is 2.29 bits per heavy atom. The van der Waals surface area contributed by atoms with Crippen LogP contribution in [0.25, 0.3) is 0 Å². The predicted molar refractivity (Wildman–Crippen MR) is 33.9 cm³/mol. The summed E-state index contributed by atoms with van der Waals surface area (Å²) in [5.74, 6) is -0.219. The molecule has 0 saturated heterocycles. The molecule has 0 rings (SSSR count). The van der Waals surface area contributed by atoms with Crippen LogP contribution in [-0.2, 0) is 4.79 Å². The average molecular weight is 213 g/mol. The Balaban J connectivity index is 3.82. The fourth-order valence-electron chi connectivity index (χ4n) is 0.0704. The highest BCUT2D eigenvalue weighted by Gasteiger charge is 1.96. The number of carbonyl (C=O) groups excluding carboxylic acids is 1. The van der Waals surface area contributed by atoms with Crippen LogP contribution >= 0.6 is 22.6 Å². The zero-order valence-electron chi connectivity index (χ0n) is 3.68. The highest BCUT2D eigenvalue weighted by molar-refractivity contribution is 14.1. The largest absolute Gasteiger partial charge is 0.410 e. The highest BCUT2D eigenvalue weighted by Crippen LogP contribution is 1.88. The first-order valence-corrected chi connectivity index (χ1v) is 2.65. The number of hydrogen-bond acceptors (Lipinski definition) is 3. The standard InChI is InChI=1S/C3H4INO2/c1-2(6)3(4)5-7/h7H,1H3/b5-3-. The molecule has 4 heteroatoms. The summed E-state index contributed by atoms with van der Waals surface area (Å²) in [4.78, 5) is 10.1. The summed E-state index contributed by atoms with van der Waals surface area (Å²) >= 11 is 1.65. The van der Waals surface area contributed by atoms with Crippen molar-refractivity contribution in [2.75, 3.05) is 0 Å². The van der Waals surface area contributed by atoms with Crippen molar-refractivity contribution >= 4 is 32.1 Å². The van der Waals surface area contributed by atoms with Crippen LogP contribution in [0.4, 0.5) is 0 Å². The summed E-state index contributed by atoms with van der Waals surface area (Å²) in [5.41, 5.74) is 0. The lowest BCUT2D eigenvalue weighted by atomic mass is 10.5. The van der Waals surface area contributed by atoms with Crippen LogP contribution in [0.5, 0.6) is 0 Å². The van der Waals surface area contributed by atoms with Crippen molar-refractivity contribution in [2.24, 2.45) is 5.16 Å². The lowest BCUT2D eigenvalue weighted by Crippen LogP contribution is -1.98. The van der Waals surface area contributed by atoms with Crippen LogP contribution in [0.3, 0.4) is 0 Å². The second-order valence-corrected chi connectivity index (χ2v) is 1.97. The van der Waals surface area contributed by atoms with E-state index in [1.807, 2.05) is 0 Å². The van der Waals surface area contributed by atoms with Gasteiger partial charge >= 0.3 is 0 Å². The van der Waals surface area contributed by atoms with Gasteiger partial charge in [0.25, 0.3) is 0 Å². The first-order chi connectivity index (χ1) is 3.18. The number of halogens is 1. The molecule has 0 aromatic carbocycles. The maximum atomic E-state index is 10.1. The van der Waals surface area contributed by atoms with Crippen molar-refractivity contribution in [3.8, 4) is 0 Å². The number of nitrogens with zero attached hydrogens (tertiary/aromatic N) is 1. The normalized spacial score (nSPS) is 11.4. The second kappa shape index (κ2) is 2.95. The monoisotopic (exact) mass is 213 g/mol. The van der Waals surface area contributed by atoms with Crippen LogP contribution < -0.4 is 0 Å². The molecule has 0 amide bonds. The number of hydrogen-bond donors (Lipinski definition) is 1. The summed E-state index contributed by atoms with van der Waals surface area (Å²) < 4.78 is 0.109. The van der Waals surface area contributed by atoms with Crippen LogP contribution in [0.1, 0.15) is 6.92 Å². The van der Waals surface area contributed by atoms with Gasteiger partial charge in [0.15, 0.2) is 9.50 Å². The molecule has 3 nitrogen and oxygen atoms in total. The van der Waals surface area contributed by atoms with Gasteiger partial charge in [0.2, 0.25) is 0 Å². The van der Waals surface area contributed by atoms with E-state index in [0.29, 0.717) is 0 Å². The molecule has 0 aliphatic rings. The van der Waals surface area contributed by atoms with E-state index in [-0.39, 0.29) is 9.50 Å². The molecule has 0 bridgehead atoms. The van der Waals surface area contributed by atoms with Gasteiger partial charge in [-0.25, -0.2) is 0 Å². The van der Waals surface area contributed by atoms with Gasteiger partial charge in [-0.05, 0) is 22.6 Å². The van der Waals surface area contributed by atoms with E-state index in [1.165, 1.54) is 6.92 Å². The smallest absolute Gasteiger partial charge is 0.187 e. The summed E-state index contributed by atoms with van der Waals surface area (Å²) in [7, 11) is 0. The third kappa shape index (κ3) is 2.55. The molecule has 0 aromatic rings. The van der Waals surface area contributed by atoms with Gasteiger partial charge < -0.3 is 5.21 Å². The van der Waals surface area contributed by atoms with E-state index < -0.39 is 0 Å². The number of rotatable bonds is 1. The Kier molecular flexibility index (Phi) is 2.89. The molecule has 0 saturated carbocycles. The molecule has 0 aromatic heterocycles. The van der Waals surface area contributed by atoms with Crippen molar-refractivity contribution in [1.29, 1.82) is 0 Å². The minimum atomic E-state index is -0.219. The van der Waals surface area contributed by atoms with E-state index in [4.69, 9.17) is 5.21 Å². The molecule has 0 spiro atoms. The van der Waals surface area contributed by atoms with E-state index >= 15 is 0 Å². The van der Waals surface area contributed by atoms with Gasteiger partial charge in [0, 0.05) is 6.92 Å². The van der Waals surface area contributed by atoms with Crippen LogP contribution in [0.2, 0.25) is 0 Å². The Hall–Kier alpha value is -0.130. The molecular weight excluding hydrogens is 209 g/mol. The third-order valence-electron chi connectivity index (χ3n) is 0.378. The third-order valence-corrected chi connectivity index (χ3v) is 1.35. The van der Waals surface area contributed by atoms with Crippen molar-refractivity contribution in [2.45, 2.75) is 6.92 Å². The molecule has 1 N–H and O–H groups in total. The zero-order valence-corrected chi connectivity index (χ0v) is 5.84. The maximum Gasteiger partial charge on any atom is 0.187 e. The molecule has 0 unspecified atom stereocenters. The molecule has 0 radical (unpaired) electrons. The molecule has 0 fully saturated rings. The van der Waals surface area contributed by atoms with Gasteiger partial charge in [0.05, 0.1) is 0 Å². The molecular formula is C3H4INO2. The maximum absolute atomic E-state index is 10.1. The summed E-state index contributed by atoms with van der Waals surface area (Å²) in [5, 5.41) is 10.5. The topological polar surface area (TPSA) is 49.7 Å². The minimum absolute atomic E-state index is 0.109. The Morgan fingerprint density at radius 1 is 1.86 bits per heavy atom. The van der Waals surface area contributed by atoms with Crippen LogP contribution in [0, 0.1) is 0 Å². The second-order valence-electron chi connectivity index (χ2n) is 0.947. The average Bonchev–Trinajstić information content (AvgIpc) is 1.65. The van der Waals surface area contributed by atoms with E-state index in [9.17, 15) is 4.79 Å². The quantitative estimate of drug-likeness (QED) is 0.303. The molecule has 0 aliphatic heterocycles. The van der Waals surface area contributed by atoms with Gasteiger partial charge in [-0.15, -0.1) is 0 Å². The van der Waals surface area contributed by atoms with Crippen LogP contribution in [-0.4, -0.2) is 14.7 Å². The van der Waals surface area contributed by atoms with Gasteiger partial charge in [-0.1, -0.05) is 5.16 Å². The molecule has 0 atom stereocenters. The van der Waals surface area contributed by atoms with E-state index in [2.05, 4.69) is 5.16 Å². The Bertz CT molecular complexity index is 110. The molecule has 7 heavy (non-hydrogen) atoms. The summed E-state index contributed by atoms with van der Waals surface area (Å²) in [6.45, 7) is 1.33. The zero-order chi connectivity index (χ0) is 5.86. The van der Waals surface area contributed by atoms with Gasteiger partial charge in [0.1, 0.15) is 0 Å². The number of oxime groups is 1. The SMILES string of the molecule is CC(=O)/C(I)=N/O. The fraction of sp³-hybridized carbons (Fsp3) is 0.333. The van der Waals surface area contributed by atoms with Crippen LogP contribution in [0.15, 0.2) is 5.16 Å². The predicted octanol–water partition coefficient (Wildman–Crippen LogP) is 0.798. The molecule has 40 valence electrons. The van der Waals surface area contributed by atoms with Crippen molar-refractivity contribution < 1.29 is 10.0 Å². The molecule has 0 heterocycles. The fourth-order valence-corrected chi connectivity index (χ4v) is 0.0704. The Labute approximate surface area is 54.5 Å². The first kappa shape index (κ1) is 6.87.